The lowest BCUT2D eigenvalue weighted by molar-refractivity contribution is -0.140. The molecule has 1 unspecified atom stereocenters. The minimum atomic E-state index is 0.135. The van der Waals surface area contributed by atoms with Crippen LogP contribution in [0.5, 0.6) is 0 Å². The number of hydrogen-bond acceptors (Lipinski definition) is 4. The quantitative estimate of drug-likeness (QED) is 0.793. The first-order chi connectivity index (χ1) is 10.6. The van der Waals surface area contributed by atoms with Gasteiger partial charge in [0.2, 0.25) is 11.8 Å². The lowest BCUT2D eigenvalue weighted by Crippen LogP contribution is -2.55. The molecular weight excluding hydrogens is 282 g/mol. The van der Waals surface area contributed by atoms with Crippen LogP contribution in [0, 0.1) is 17.3 Å². The Balaban J connectivity index is 1.64. The number of carbonyl (C=O) groups is 2. The number of piperidine rings is 1. The first kappa shape index (κ1) is 15.7. The lowest BCUT2D eigenvalue weighted by atomic mass is 9.71. The third-order valence-corrected chi connectivity index (χ3v) is 5.83. The zero-order valence-electron chi connectivity index (χ0n) is 13.6. The average Bonchev–Trinajstić information content (AvgIpc) is 2.77. The molecule has 3 aliphatic rings. The molecule has 3 rings (SSSR count). The van der Waals surface area contributed by atoms with Gasteiger partial charge < -0.3 is 19.9 Å². The molecule has 1 spiro atoms. The van der Waals surface area contributed by atoms with E-state index in [1.807, 2.05) is 9.80 Å². The van der Waals surface area contributed by atoms with E-state index in [0.29, 0.717) is 18.4 Å². The molecule has 1 N–H and O–H groups in total. The lowest BCUT2D eigenvalue weighted by Gasteiger charge is -2.44. The first-order valence-corrected chi connectivity index (χ1v) is 8.30. The molecule has 0 aromatic carbocycles. The second kappa shape index (κ2) is 6.16. The number of amides is 2. The van der Waals surface area contributed by atoms with E-state index in [4.69, 9.17) is 4.74 Å². The third-order valence-electron chi connectivity index (χ3n) is 5.83. The number of ether oxygens (including phenoxy) is 1. The van der Waals surface area contributed by atoms with Gasteiger partial charge in [0, 0.05) is 59.2 Å². The van der Waals surface area contributed by atoms with Crippen molar-refractivity contribution in [1.29, 1.82) is 0 Å². The highest BCUT2D eigenvalue weighted by Crippen LogP contribution is 2.45. The molecule has 0 aromatic rings. The molecule has 3 saturated heterocycles. The molecular formula is C16H27N3O3. The number of carbonyl (C=O) groups excluding carboxylic acids is 2. The van der Waals surface area contributed by atoms with Crippen molar-refractivity contribution in [1.82, 2.24) is 15.1 Å². The Hall–Kier alpha value is -1.14. The Labute approximate surface area is 132 Å². The number of methoxy groups -OCH3 is 1. The predicted octanol–water partition coefficient (Wildman–Crippen LogP) is -0.0607. The number of hydrogen-bond donors (Lipinski definition) is 1. The molecule has 3 fully saturated rings. The van der Waals surface area contributed by atoms with Crippen molar-refractivity contribution in [2.75, 3.05) is 53.0 Å². The third kappa shape index (κ3) is 2.74. The summed E-state index contributed by atoms with van der Waals surface area (Å²) in [5, 5.41) is 3.16. The van der Waals surface area contributed by atoms with Crippen molar-refractivity contribution < 1.29 is 14.3 Å². The van der Waals surface area contributed by atoms with Crippen molar-refractivity contribution in [3.63, 3.8) is 0 Å². The fourth-order valence-corrected chi connectivity index (χ4v) is 4.16. The second-order valence-corrected chi connectivity index (χ2v) is 7.09. The summed E-state index contributed by atoms with van der Waals surface area (Å²) in [7, 11) is 1.73. The van der Waals surface area contributed by atoms with Crippen LogP contribution in [0.1, 0.15) is 19.8 Å². The molecule has 0 radical (unpaired) electrons. The fraction of sp³-hybridized carbons (Fsp3) is 0.875. The van der Waals surface area contributed by atoms with Gasteiger partial charge in [-0.15, -0.1) is 0 Å². The van der Waals surface area contributed by atoms with Gasteiger partial charge in [0.15, 0.2) is 0 Å². The maximum absolute atomic E-state index is 12.4. The van der Waals surface area contributed by atoms with Gasteiger partial charge >= 0.3 is 0 Å². The summed E-state index contributed by atoms with van der Waals surface area (Å²) >= 11 is 0. The standard InChI is InChI=1S/C16H27N3O3/c1-12(20)19-9-14(10-22-2)16(11-19)3-5-18(6-4-16)15(21)13-7-17-8-13/h13-14,17H,3-11H2,1-2H3. The molecule has 0 aliphatic carbocycles. The molecule has 22 heavy (non-hydrogen) atoms. The van der Waals surface area contributed by atoms with Gasteiger partial charge in [-0.1, -0.05) is 0 Å². The summed E-state index contributed by atoms with van der Waals surface area (Å²) < 4.78 is 5.39. The molecule has 1 atom stereocenters. The average molecular weight is 309 g/mol. The van der Waals surface area contributed by atoms with Crippen molar-refractivity contribution in [3.8, 4) is 0 Å². The van der Waals surface area contributed by atoms with Crippen LogP contribution in [-0.2, 0) is 14.3 Å². The van der Waals surface area contributed by atoms with Crippen molar-refractivity contribution in [3.05, 3.63) is 0 Å². The maximum Gasteiger partial charge on any atom is 0.228 e. The van der Waals surface area contributed by atoms with E-state index in [-0.39, 0.29) is 17.2 Å². The van der Waals surface area contributed by atoms with Crippen molar-refractivity contribution in [2.45, 2.75) is 19.8 Å². The number of nitrogens with zero attached hydrogens (tertiary/aromatic N) is 2. The molecule has 3 aliphatic heterocycles. The Morgan fingerprint density at radius 3 is 2.41 bits per heavy atom. The van der Waals surface area contributed by atoms with Gasteiger partial charge in [-0.2, -0.15) is 0 Å². The summed E-state index contributed by atoms with van der Waals surface area (Å²) in [6.45, 7) is 7.25. The van der Waals surface area contributed by atoms with E-state index in [2.05, 4.69) is 5.32 Å². The molecule has 0 aromatic heterocycles. The Morgan fingerprint density at radius 1 is 1.23 bits per heavy atom. The molecule has 0 bridgehead atoms. The van der Waals surface area contributed by atoms with Gasteiger partial charge in [-0.25, -0.2) is 0 Å². The van der Waals surface area contributed by atoms with Crippen LogP contribution in [0.2, 0.25) is 0 Å². The van der Waals surface area contributed by atoms with Gasteiger partial charge in [0.1, 0.15) is 0 Å². The van der Waals surface area contributed by atoms with Gasteiger partial charge in [-0.3, -0.25) is 9.59 Å². The molecule has 0 saturated carbocycles. The molecule has 2 amide bonds. The number of rotatable bonds is 3. The van der Waals surface area contributed by atoms with Crippen LogP contribution in [0.25, 0.3) is 0 Å². The predicted molar refractivity (Wildman–Crippen MR) is 82.2 cm³/mol. The molecule has 124 valence electrons. The van der Waals surface area contributed by atoms with Crippen LogP contribution in [-0.4, -0.2) is 74.6 Å². The van der Waals surface area contributed by atoms with Crippen LogP contribution in [0.3, 0.4) is 0 Å². The number of nitrogens with one attached hydrogen (secondary N) is 1. The summed E-state index contributed by atoms with van der Waals surface area (Å²) in [6.07, 6.45) is 1.97. The summed E-state index contributed by atoms with van der Waals surface area (Å²) in [4.78, 5) is 28.1. The largest absolute Gasteiger partial charge is 0.384 e. The highest BCUT2D eigenvalue weighted by atomic mass is 16.5. The zero-order chi connectivity index (χ0) is 15.7. The highest BCUT2D eigenvalue weighted by molar-refractivity contribution is 5.80. The summed E-state index contributed by atoms with van der Waals surface area (Å²) in [5.41, 5.74) is 0.135. The van der Waals surface area contributed by atoms with Gasteiger partial charge in [0.05, 0.1) is 12.5 Å². The van der Waals surface area contributed by atoms with Crippen LogP contribution >= 0.6 is 0 Å². The van der Waals surface area contributed by atoms with E-state index >= 15 is 0 Å². The summed E-state index contributed by atoms with van der Waals surface area (Å²) in [5.74, 6) is 1.03. The highest BCUT2D eigenvalue weighted by Gasteiger charge is 2.49. The Kier molecular flexibility index (Phi) is 4.41. The van der Waals surface area contributed by atoms with Crippen LogP contribution in [0.15, 0.2) is 0 Å². The van der Waals surface area contributed by atoms with Crippen LogP contribution in [0.4, 0.5) is 0 Å². The Bertz CT molecular complexity index is 442. The van der Waals surface area contributed by atoms with Gasteiger partial charge in [0.25, 0.3) is 0 Å². The normalized spacial score (nSPS) is 28.0. The van der Waals surface area contributed by atoms with E-state index < -0.39 is 0 Å². The first-order valence-electron chi connectivity index (χ1n) is 8.30. The second-order valence-electron chi connectivity index (χ2n) is 7.09. The minimum Gasteiger partial charge on any atom is -0.384 e. The maximum atomic E-state index is 12.4. The van der Waals surface area contributed by atoms with Gasteiger partial charge in [-0.05, 0) is 18.3 Å². The van der Waals surface area contributed by atoms with E-state index in [0.717, 1.165) is 52.1 Å². The zero-order valence-corrected chi connectivity index (χ0v) is 13.6. The monoisotopic (exact) mass is 309 g/mol. The molecule has 6 nitrogen and oxygen atoms in total. The van der Waals surface area contributed by atoms with E-state index in [1.54, 1.807) is 14.0 Å². The molecule has 6 heteroatoms. The van der Waals surface area contributed by atoms with Crippen molar-refractivity contribution >= 4 is 11.8 Å². The van der Waals surface area contributed by atoms with E-state index in [9.17, 15) is 9.59 Å². The minimum absolute atomic E-state index is 0.135. The number of likely N-dealkylation sites (tertiary alicyclic amines) is 2. The Morgan fingerprint density at radius 2 is 1.91 bits per heavy atom. The molecule has 3 heterocycles. The summed E-state index contributed by atoms with van der Waals surface area (Å²) in [6, 6.07) is 0. The topological polar surface area (TPSA) is 61.9 Å². The SMILES string of the molecule is COCC1CN(C(C)=O)CC12CCN(C(=O)C1CNC1)CC2. The van der Waals surface area contributed by atoms with E-state index in [1.165, 1.54) is 0 Å². The smallest absolute Gasteiger partial charge is 0.228 e. The fourth-order valence-electron chi connectivity index (χ4n) is 4.16. The van der Waals surface area contributed by atoms with Crippen molar-refractivity contribution in [2.24, 2.45) is 17.3 Å². The van der Waals surface area contributed by atoms with Crippen LogP contribution < -0.4 is 5.32 Å².